The van der Waals surface area contributed by atoms with E-state index < -0.39 is 17.9 Å². The van der Waals surface area contributed by atoms with Crippen LogP contribution in [0.1, 0.15) is 100 Å². The standard InChI is InChI=1S/C38H44N4O5/c1-4-6-19-40(20-7-5-2)37(45)34-24-41(26(3)27-13-9-8-10-14-27)35(39-34)32-18-17-29(38(46)47)22-33(32)36(44)42-23-30-16-12-11-15-28(30)21-31(42)25-43/h8-18,22,24,26,31,43H,4-7,19-21,23,25H2,1-3H3,(H,46,47)/t26?,31-/m0/s1. The van der Waals surface area contributed by atoms with Gasteiger partial charge in [-0.25, -0.2) is 9.78 Å². The Hall–Kier alpha value is -4.76. The highest BCUT2D eigenvalue weighted by molar-refractivity contribution is 6.03. The van der Waals surface area contributed by atoms with Crippen LogP contribution in [0.25, 0.3) is 11.4 Å². The number of hydrogen-bond donors (Lipinski definition) is 2. The molecular weight excluding hydrogens is 592 g/mol. The van der Waals surface area contributed by atoms with Gasteiger partial charge in [0, 0.05) is 31.4 Å². The number of imidazole rings is 1. The van der Waals surface area contributed by atoms with E-state index in [9.17, 15) is 24.6 Å². The molecule has 1 aliphatic rings. The number of aliphatic hydroxyl groups is 1. The number of fused-ring (bicyclic) bond motifs is 1. The van der Waals surface area contributed by atoms with Crippen LogP contribution in [0, 0.1) is 0 Å². The Bertz CT molecular complexity index is 1710. The van der Waals surface area contributed by atoms with Crippen LogP contribution >= 0.6 is 0 Å². The molecule has 0 radical (unpaired) electrons. The summed E-state index contributed by atoms with van der Waals surface area (Å²) < 4.78 is 1.90. The molecule has 3 aromatic carbocycles. The van der Waals surface area contributed by atoms with Gasteiger partial charge >= 0.3 is 5.97 Å². The number of carboxylic acids is 1. The van der Waals surface area contributed by atoms with Crippen molar-refractivity contribution in [1.82, 2.24) is 19.4 Å². The first-order valence-electron chi connectivity index (χ1n) is 16.6. The fraction of sp³-hybridized carbons (Fsp3) is 0.368. The van der Waals surface area contributed by atoms with Gasteiger partial charge < -0.3 is 24.6 Å². The molecule has 2 heterocycles. The highest BCUT2D eigenvalue weighted by atomic mass is 16.4. The molecule has 0 saturated carbocycles. The average molecular weight is 637 g/mol. The van der Waals surface area contributed by atoms with Gasteiger partial charge in [-0.2, -0.15) is 0 Å². The quantitative estimate of drug-likeness (QED) is 0.174. The van der Waals surface area contributed by atoms with Crippen molar-refractivity contribution in [3.63, 3.8) is 0 Å². The van der Waals surface area contributed by atoms with Crippen LogP contribution in [0.4, 0.5) is 0 Å². The number of aromatic carboxylic acids is 1. The first-order chi connectivity index (χ1) is 22.8. The number of amides is 2. The molecule has 47 heavy (non-hydrogen) atoms. The van der Waals surface area contributed by atoms with Crippen LogP contribution in [0.3, 0.4) is 0 Å². The van der Waals surface area contributed by atoms with Crippen LogP contribution in [-0.2, 0) is 13.0 Å². The van der Waals surface area contributed by atoms with Crippen molar-refractivity contribution in [2.45, 2.75) is 71.5 Å². The summed E-state index contributed by atoms with van der Waals surface area (Å²) in [6, 6.07) is 21.4. The zero-order chi connectivity index (χ0) is 33.5. The Kier molecular flexibility index (Phi) is 10.9. The molecule has 1 aromatic heterocycles. The summed E-state index contributed by atoms with van der Waals surface area (Å²) in [6.07, 6.45) is 5.91. The normalized spacial score (nSPS) is 14.8. The van der Waals surface area contributed by atoms with Gasteiger partial charge in [-0.05, 0) is 61.1 Å². The van der Waals surface area contributed by atoms with Crippen molar-refractivity contribution in [2.24, 2.45) is 0 Å². The van der Waals surface area contributed by atoms with E-state index in [1.54, 1.807) is 17.2 Å². The minimum atomic E-state index is -1.16. The molecule has 1 unspecified atom stereocenters. The molecule has 0 aliphatic carbocycles. The smallest absolute Gasteiger partial charge is 0.335 e. The van der Waals surface area contributed by atoms with Gasteiger partial charge in [0.2, 0.25) is 0 Å². The molecule has 246 valence electrons. The fourth-order valence-corrected chi connectivity index (χ4v) is 6.25. The van der Waals surface area contributed by atoms with Crippen molar-refractivity contribution in [3.05, 3.63) is 113 Å². The van der Waals surface area contributed by atoms with E-state index in [0.717, 1.165) is 42.4 Å². The number of unbranched alkanes of at least 4 members (excludes halogenated alkanes) is 2. The van der Waals surface area contributed by atoms with Gasteiger partial charge in [0.25, 0.3) is 11.8 Å². The number of aliphatic hydroxyl groups excluding tert-OH is 1. The number of carbonyl (C=O) groups excluding carboxylic acids is 2. The van der Waals surface area contributed by atoms with Crippen molar-refractivity contribution in [2.75, 3.05) is 19.7 Å². The monoisotopic (exact) mass is 636 g/mol. The van der Waals surface area contributed by atoms with Crippen LogP contribution in [-0.4, -0.2) is 73.1 Å². The Balaban J connectivity index is 1.65. The Morgan fingerprint density at radius 2 is 1.60 bits per heavy atom. The summed E-state index contributed by atoms with van der Waals surface area (Å²) in [7, 11) is 0. The zero-order valence-corrected chi connectivity index (χ0v) is 27.4. The molecule has 9 heteroatoms. The molecule has 0 bridgehead atoms. The summed E-state index contributed by atoms with van der Waals surface area (Å²) in [6.45, 7) is 7.49. The lowest BCUT2D eigenvalue weighted by molar-refractivity contribution is 0.0544. The zero-order valence-electron chi connectivity index (χ0n) is 27.4. The van der Waals surface area contributed by atoms with Gasteiger partial charge in [-0.3, -0.25) is 9.59 Å². The fourth-order valence-electron chi connectivity index (χ4n) is 6.25. The Morgan fingerprint density at radius 3 is 2.23 bits per heavy atom. The average Bonchev–Trinajstić information content (AvgIpc) is 3.55. The number of aromatic nitrogens is 2. The number of benzene rings is 3. The summed E-state index contributed by atoms with van der Waals surface area (Å²) in [5.74, 6) is -1.34. The van der Waals surface area contributed by atoms with Gasteiger partial charge in [-0.1, -0.05) is 81.3 Å². The first-order valence-corrected chi connectivity index (χ1v) is 16.6. The van der Waals surface area contributed by atoms with Crippen molar-refractivity contribution in [1.29, 1.82) is 0 Å². The van der Waals surface area contributed by atoms with E-state index in [2.05, 4.69) is 13.8 Å². The maximum Gasteiger partial charge on any atom is 0.335 e. The number of rotatable bonds is 13. The number of nitrogens with zero attached hydrogens (tertiary/aromatic N) is 4. The van der Waals surface area contributed by atoms with E-state index in [4.69, 9.17) is 4.98 Å². The second-order valence-electron chi connectivity index (χ2n) is 12.3. The highest BCUT2D eigenvalue weighted by Crippen LogP contribution is 2.33. The van der Waals surface area contributed by atoms with Gasteiger partial charge in [-0.15, -0.1) is 0 Å². The molecule has 9 nitrogen and oxygen atoms in total. The summed E-state index contributed by atoms with van der Waals surface area (Å²) in [4.78, 5) is 49.0. The van der Waals surface area contributed by atoms with E-state index in [1.165, 1.54) is 12.1 Å². The molecule has 4 aromatic rings. The second kappa shape index (κ2) is 15.2. The lowest BCUT2D eigenvalue weighted by atomic mass is 9.92. The molecule has 2 N–H and O–H groups in total. The Morgan fingerprint density at radius 1 is 0.936 bits per heavy atom. The Labute approximate surface area is 276 Å². The molecule has 0 saturated heterocycles. The van der Waals surface area contributed by atoms with Crippen LogP contribution < -0.4 is 0 Å². The first kappa shape index (κ1) is 33.6. The minimum Gasteiger partial charge on any atom is -0.478 e. The third kappa shape index (κ3) is 7.30. The number of carboxylic acid groups (broad SMARTS) is 1. The lowest BCUT2D eigenvalue weighted by Gasteiger charge is -2.36. The van der Waals surface area contributed by atoms with E-state index in [0.29, 0.717) is 30.9 Å². The SMILES string of the molecule is CCCCN(CCCC)C(=O)c1cn(C(C)c2ccccc2)c(-c2ccc(C(=O)O)cc2C(=O)N2Cc3ccccc3C[C@H]2CO)n1. The lowest BCUT2D eigenvalue weighted by Crippen LogP contribution is -2.46. The van der Waals surface area contributed by atoms with Crippen LogP contribution in [0.15, 0.2) is 79.0 Å². The maximum atomic E-state index is 14.5. The molecule has 0 fully saturated rings. The van der Waals surface area contributed by atoms with Gasteiger partial charge in [0.05, 0.1) is 29.8 Å². The largest absolute Gasteiger partial charge is 0.478 e. The van der Waals surface area contributed by atoms with Crippen molar-refractivity contribution >= 4 is 17.8 Å². The predicted molar refractivity (Wildman–Crippen MR) is 181 cm³/mol. The van der Waals surface area contributed by atoms with Gasteiger partial charge in [0.1, 0.15) is 11.5 Å². The van der Waals surface area contributed by atoms with Crippen LogP contribution in [0.5, 0.6) is 0 Å². The maximum absolute atomic E-state index is 14.5. The number of hydrogen-bond acceptors (Lipinski definition) is 5. The summed E-state index contributed by atoms with van der Waals surface area (Å²) >= 11 is 0. The second-order valence-corrected chi connectivity index (χ2v) is 12.3. The third-order valence-corrected chi connectivity index (χ3v) is 9.07. The minimum absolute atomic E-state index is 0.0362. The summed E-state index contributed by atoms with van der Waals surface area (Å²) in [5, 5.41) is 20.3. The number of carbonyl (C=O) groups is 3. The van der Waals surface area contributed by atoms with Crippen molar-refractivity contribution in [3.8, 4) is 11.4 Å². The molecular formula is C38H44N4O5. The third-order valence-electron chi connectivity index (χ3n) is 9.07. The predicted octanol–water partition coefficient (Wildman–Crippen LogP) is 6.46. The van der Waals surface area contributed by atoms with E-state index >= 15 is 0 Å². The van der Waals surface area contributed by atoms with Crippen LogP contribution in [0.2, 0.25) is 0 Å². The molecule has 0 spiro atoms. The molecule has 1 aliphatic heterocycles. The van der Waals surface area contributed by atoms with E-state index in [1.807, 2.05) is 71.0 Å². The molecule has 5 rings (SSSR count). The van der Waals surface area contributed by atoms with Crippen molar-refractivity contribution < 1.29 is 24.6 Å². The summed E-state index contributed by atoms with van der Waals surface area (Å²) in [5.41, 5.74) is 3.85. The van der Waals surface area contributed by atoms with E-state index in [-0.39, 0.29) is 41.9 Å². The molecule has 2 atom stereocenters. The highest BCUT2D eigenvalue weighted by Gasteiger charge is 2.33. The topological polar surface area (TPSA) is 116 Å². The van der Waals surface area contributed by atoms with Gasteiger partial charge in [0.15, 0.2) is 0 Å². The molecule has 2 amide bonds.